The van der Waals surface area contributed by atoms with Crippen molar-refractivity contribution in [2.75, 3.05) is 6.61 Å². The molecular formula is C36H54O4. The van der Waals surface area contributed by atoms with E-state index in [1.807, 2.05) is 55.5 Å². The number of carbonyl (C=O) groups is 2. The molecular weight excluding hydrogens is 496 g/mol. The first-order valence-electron chi connectivity index (χ1n) is 16.1. The molecule has 0 radical (unpaired) electrons. The Bertz CT molecular complexity index is 932. The lowest BCUT2D eigenvalue weighted by Crippen LogP contribution is -2.06. The number of esters is 2. The predicted molar refractivity (Wildman–Crippen MR) is 167 cm³/mol. The number of hydrogen-bond acceptors (Lipinski definition) is 4. The van der Waals surface area contributed by atoms with Gasteiger partial charge in [0.25, 0.3) is 0 Å². The van der Waals surface area contributed by atoms with Crippen LogP contribution in [-0.2, 0) is 14.3 Å². The maximum atomic E-state index is 12.4. The summed E-state index contributed by atoms with van der Waals surface area (Å²) in [4.78, 5) is 23.6. The smallest absolute Gasteiger partial charge is 0.338 e. The topological polar surface area (TPSA) is 52.6 Å². The van der Waals surface area contributed by atoms with Gasteiger partial charge in [0.05, 0.1) is 12.2 Å². The predicted octanol–water partition coefficient (Wildman–Crippen LogP) is 10.8. The Morgan fingerprint density at radius 2 is 1.00 bits per heavy atom. The fourth-order valence-corrected chi connectivity index (χ4v) is 5.14. The van der Waals surface area contributed by atoms with E-state index in [1.54, 1.807) is 0 Å². The molecule has 0 aliphatic carbocycles. The van der Waals surface area contributed by atoms with Crippen molar-refractivity contribution in [2.45, 2.75) is 136 Å². The molecule has 40 heavy (non-hydrogen) atoms. The molecule has 4 heteroatoms. The molecule has 0 aromatic heterocycles. The highest BCUT2D eigenvalue weighted by atomic mass is 16.5. The molecule has 222 valence electrons. The van der Waals surface area contributed by atoms with Crippen LogP contribution in [0.25, 0.3) is 11.1 Å². The Morgan fingerprint density at radius 3 is 1.43 bits per heavy atom. The Morgan fingerprint density at radius 1 is 0.600 bits per heavy atom. The van der Waals surface area contributed by atoms with Crippen molar-refractivity contribution in [3.05, 3.63) is 59.7 Å². The summed E-state index contributed by atoms with van der Waals surface area (Å²) in [5.74, 6) is -0.544. The summed E-state index contributed by atoms with van der Waals surface area (Å²) < 4.78 is 10.7. The largest absolute Gasteiger partial charge is 0.462 e. The van der Waals surface area contributed by atoms with Gasteiger partial charge < -0.3 is 9.47 Å². The van der Waals surface area contributed by atoms with E-state index in [0.717, 1.165) is 29.5 Å². The molecule has 0 saturated heterocycles. The molecule has 2 aromatic rings. The highest BCUT2D eigenvalue weighted by Crippen LogP contribution is 2.24. The van der Waals surface area contributed by atoms with Crippen molar-refractivity contribution in [1.29, 1.82) is 0 Å². The SMILES string of the molecule is CCCCCCCCCCCCCCCCCCCOC(=O)c1ccc(-c2ccc(C(C)OC(C)=O)cc2)cc1. The summed E-state index contributed by atoms with van der Waals surface area (Å²) in [6.45, 7) is 6.04. The second-order valence-electron chi connectivity index (χ2n) is 11.2. The molecule has 0 aliphatic heterocycles. The third kappa shape index (κ3) is 14.7. The molecule has 1 unspecified atom stereocenters. The third-order valence-corrected chi connectivity index (χ3v) is 7.66. The zero-order valence-corrected chi connectivity index (χ0v) is 25.6. The molecule has 4 nitrogen and oxygen atoms in total. The number of rotatable bonds is 22. The van der Waals surface area contributed by atoms with Crippen LogP contribution in [0.1, 0.15) is 152 Å². The van der Waals surface area contributed by atoms with Crippen molar-refractivity contribution in [3.63, 3.8) is 0 Å². The average Bonchev–Trinajstić information content (AvgIpc) is 2.96. The first-order chi connectivity index (χ1) is 19.5. The maximum absolute atomic E-state index is 12.4. The Labute approximate surface area is 244 Å². The van der Waals surface area contributed by atoms with Crippen LogP contribution in [0.2, 0.25) is 0 Å². The molecule has 0 heterocycles. The summed E-state index contributed by atoms with van der Waals surface area (Å²) >= 11 is 0. The van der Waals surface area contributed by atoms with Gasteiger partial charge in [-0.05, 0) is 42.2 Å². The lowest BCUT2D eigenvalue weighted by Gasteiger charge is -2.12. The molecule has 2 rings (SSSR count). The van der Waals surface area contributed by atoms with Crippen molar-refractivity contribution >= 4 is 11.9 Å². The monoisotopic (exact) mass is 550 g/mol. The number of carbonyl (C=O) groups excluding carboxylic acids is 2. The fraction of sp³-hybridized carbons (Fsp3) is 0.611. The van der Waals surface area contributed by atoms with Gasteiger partial charge in [-0.3, -0.25) is 4.79 Å². The van der Waals surface area contributed by atoms with Gasteiger partial charge in [0, 0.05) is 6.92 Å². The van der Waals surface area contributed by atoms with E-state index in [2.05, 4.69) is 6.92 Å². The summed E-state index contributed by atoms with van der Waals surface area (Å²) in [6, 6.07) is 15.5. The van der Waals surface area contributed by atoms with E-state index < -0.39 is 0 Å². The van der Waals surface area contributed by atoms with Crippen LogP contribution in [-0.4, -0.2) is 18.5 Å². The molecule has 0 aliphatic rings. The van der Waals surface area contributed by atoms with Gasteiger partial charge in [-0.2, -0.15) is 0 Å². The first-order valence-corrected chi connectivity index (χ1v) is 16.1. The molecule has 2 aromatic carbocycles. The second-order valence-corrected chi connectivity index (χ2v) is 11.2. The summed E-state index contributed by atoms with van der Waals surface area (Å²) in [5.41, 5.74) is 3.60. The lowest BCUT2D eigenvalue weighted by molar-refractivity contribution is -0.145. The van der Waals surface area contributed by atoms with Gasteiger partial charge in [0.1, 0.15) is 6.10 Å². The van der Waals surface area contributed by atoms with Crippen molar-refractivity contribution in [3.8, 4) is 11.1 Å². The summed E-state index contributed by atoms with van der Waals surface area (Å²) in [5, 5.41) is 0. The third-order valence-electron chi connectivity index (χ3n) is 7.66. The number of unbranched alkanes of at least 4 members (excludes halogenated alkanes) is 16. The number of benzene rings is 2. The van der Waals surface area contributed by atoms with Gasteiger partial charge in [-0.15, -0.1) is 0 Å². The molecule has 0 fully saturated rings. The zero-order chi connectivity index (χ0) is 28.8. The van der Waals surface area contributed by atoms with Crippen LogP contribution >= 0.6 is 0 Å². The van der Waals surface area contributed by atoms with Crippen molar-refractivity contribution in [1.82, 2.24) is 0 Å². The van der Waals surface area contributed by atoms with Gasteiger partial charge in [0.2, 0.25) is 0 Å². The minimum atomic E-state index is -0.288. The standard InChI is InChI=1S/C36H54O4/c1-4-5-6-7-8-9-10-11-12-13-14-15-16-17-18-19-20-29-39-36(38)35-27-25-34(26-28-35)33-23-21-32(22-24-33)30(2)40-31(3)37/h21-28,30H,4-20,29H2,1-3H3. The first kappa shape index (κ1) is 33.6. The molecule has 0 spiro atoms. The van der Waals surface area contributed by atoms with E-state index in [0.29, 0.717) is 12.2 Å². The quantitative estimate of drug-likeness (QED) is 0.108. The highest BCUT2D eigenvalue weighted by molar-refractivity contribution is 5.90. The van der Waals surface area contributed by atoms with Crippen LogP contribution in [0, 0.1) is 0 Å². The Hall–Kier alpha value is -2.62. The van der Waals surface area contributed by atoms with E-state index in [4.69, 9.17) is 9.47 Å². The van der Waals surface area contributed by atoms with Gasteiger partial charge in [-0.25, -0.2) is 4.79 Å². The van der Waals surface area contributed by atoms with E-state index in [9.17, 15) is 9.59 Å². The van der Waals surface area contributed by atoms with Crippen LogP contribution in [0.15, 0.2) is 48.5 Å². The highest BCUT2D eigenvalue weighted by Gasteiger charge is 2.10. The minimum Gasteiger partial charge on any atom is -0.462 e. The van der Waals surface area contributed by atoms with Crippen LogP contribution in [0.4, 0.5) is 0 Å². The van der Waals surface area contributed by atoms with Crippen LogP contribution in [0.3, 0.4) is 0 Å². The molecule has 0 bridgehead atoms. The summed E-state index contributed by atoms with van der Waals surface area (Å²) in [7, 11) is 0. The molecule has 0 N–H and O–H groups in total. The van der Waals surface area contributed by atoms with E-state index in [1.165, 1.54) is 103 Å². The Balaban J connectivity index is 1.47. The Kier molecular flexibility index (Phi) is 17.8. The maximum Gasteiger partial charge on any atom is 0.338 e. The fourth-order valence-electron chi connectivity index (χ4n) is 5.14. The molecule has 0 amide bonds. The van der Waals surface area contributed by atoms with Gasteiger partial charge in [0.15, 0.2) is 0 Å². The van der Waals surface area contributed by atoms with E-state index in [-0.39, 0.29) is 18.0 Å². The zero-order valence-electron chi connectivity index (χ0n) is 25.6. The lowest BCUT2D eigenvalue weighted by atomic mass is 10.0. The van der Waals surface area contributed by atoms with Gasteiger partial charge >= 0.3 is 11.9 Å². The number of ether oxygens (including phenoxy) is 2. The second kappa shape index (κ2) is 21.2. The minimum absolute atomic E-state index is 0.256. The molecule has 0 saturated carbocycles. The molecule has 1 atom stereocenters. The average molecular weight is 551 g/mol. The van der Waals surface area contributed by atoms with Crippen molar-refractivity contribution in [2.24, 2.45) is 0 Å². The van der Waals surface area contributed by atoms with Crippen molar-refractivity contribution < 1.29 is 19.1 Å². The van der Waals surface area contributed by atoms with Gasteiger partial charge in [-0.1, -0.05) is 146 Å². The van der Waals surface area contributed by atoms with Crippen LogP contribution in [0.5, 0.6) is 0 Å². The normalized spacial score (nSPS) is 11.8. The van der Waals surface area contributed by atoms with E-state index >= 15 is 0 Å². The number of hydrogen-bond donors (Lipinski definition) is 0. The van der Waals surface area contributed by atoms with Crippen LogP contribution < -0.4 is 0 Å². The summed E-state index contributed by atoms with van der Waals surface area (Å²) in [6.07, 6.45) is 22.5.